The Morgan fingerprint density at radius 2 is 1.83 bits per heavy atom. The number of rotatable bonds is 7. The molecule has 0 heterocycles. The molecule has 0 bridgehead atoms. The van der Waals surface area contributed by atoms with Gasteiger partial charge in [-0.3, -0.25) is 4.79 Å². The van der Waals surface area contributed by atoms with Gasteiger partial charge in [0.2, 0.25) is 15.9 Å². The second kappa shape index (κ2) is 7.13. The second-order valence-electron chi connectivity index (χ2n) is 3.93. The lowest BCUT2D eigenvalue weighted by molar-refractivity contribution is -0.118. The van der Waals surface area contributed by atoms with Gasteiger partial charge in [-0.15, -0.1) is 0 Å². The van der Waals surface area contributed by atoms with Crippen molar-refractivity contribution in [3.63, 3.8) is 0 Å². The van der Waals surface area contributed by atoms with Crippen LogP contribution in [0.3, 0.4) is 0 Å². The lowest BCUT2D eigenvalue weighted by Gasteiger charge is -2.07. The molecule has 1 aromatic carbocycles. The van der Waals surface area contributed by atoms with Crippen molar-refractivity contribution in [3.05, 3.63) is 35.9 Å². The molecular formula is C12H18N2O3S. The maximum absolute atomic E-state index is 11.6. The van der Waals surface area contributed by atoms with E-state index in [1.807, 2.05) is 30.3 Å². The molecular weight excluding hydrogens is 252 g/mol. The average Bonchev–Trinajstić information content (AvgIpc) is 2.34. The lowest BCUT2D eigenvalue weighted by atomic mass is 10.2. The molecule has 0 aliphatic heterocycles. The smallest absolute Gasteiger partial charge is 0.216 e. The standard InChI is InChI=1S/C12H18N2O3S/c1-11(15)13-8-9-14-18(16,17)10-7-12-5-3-2-4-6-12/h2-6,14H,7-10H2,1H3,(H,13,15). The fourth-order valence-corrected chi connectivity index (χ4v) is 2.48. The number of amides is 1. The molecule has 2 N–H and O–H groups in total. The van der Waals surface area contributed by atoms with Gasteiger partial charge in [-0.25, -0.2) is 13.1 Å². The molecule has 1 amide bonds. The molecule has 6 heteroatoms. The minimum atomic E-state index is -3.28. The molecule has 5 nitrogen and oxygen atoms in total. The molecule has 0 radical (unpaired) electrons. The van der Waals surface area contributed by atoms with Crippen molar-refractivity contribution in [2.75, 3.05) is 18.8 Å². The van der Waals surface area contributed by atoms with Gasteiger partial charge in [0, 0.05) is 20.0 Å². The number of nitrogens with one attached hydrogen (secondary N) is 2. The quantitative estimate of drug-likeness (QED) is 0.699. The summed E-state index contributed by atoms with van der Waals surface area (Å²) in [7, 11) is -3.28. The normalized spacial score (nSPS) is 11.2. The first-order valence-corrected chi connectivity index (χ1v) is 7.40. The Balaban J connectivity index is 2.30. The van der Waals surface area contributed by atoms with E-state index in [-0.39, 0.29) is 18.2 Å². The van der Waals surface area contributed by atoms with Crippen LogP contribution >= 0.6 is 0 Å². The summed E-state index contributed by atoms with van der Waals surface area (Å²) in [5.41, 5.74) is 0.990. The van der Waals surface area contributed by atoms with Gasteiger partial charge in [-0.05, 0) is 12.0 Å². The second-order valence-corrected chi connectivity index (χ2v) is 5.86. The number of aryl methyl sites for hydroxylation is 1. The van der Waals surface area contributed by atoms with Gasteiger partial charge >= 0.3 is 0 Å². The maximum atomic E-state index is 11.6. The molecule has 0 aliphatic carbocycles. The topological polar surface area (TPSA) is 75.3 Å². The number of sulfonamides is 1. The maximum Gasteiger partial charge on any atom is 0.216 e. The van der Waals surface area contributed by atoms with Gasteiger partial charge in [0.05, 0.1) is 5.75 Å². The van der Waals surface area contributed by atoms with Crippen LogP contribution in [0.15, 0.2) is 30.3 Å². The molecule has 18 heavy (non-hydrogen) atoms. The molecule has 0 atom stereocenters. The fourth-order valence-electron chi connectivity index (χ4n) is 1.41. The summed E-state index contributed by atoms with van der Waals surface area (Å²) in [5.74, 6) is -0.115. The SMILES string of the molecule is CC(=O)NCCNS(=O)(=O)CCc1ccccc1. The largest absolute Gasteiger partial charge is 0.355 e. The number of carbonyl (C=O) groups is 1. The first-order valence-electron chi connectivity index (χ1n) is 5.75. The van der Waals surface area contributed by atoms with Crippen molar-refractivity contribution < 1.29 is 13.2 Å². The van der Waals surface area contributed by atoms with Crippen molar-refractivity contribution >= 4 is 15.9 Å². The van der Waals surface area contributed by atoms with Crippen LogP contribution in [0.2, 0.25) is 0 Å². The summed E-state index contributed by atoms with van der Waals surface area (Å²) < 4.78 is 25.7. The number of hydrogen-bond acceptors (Lipinski definition) is 3. The summed E-state index contributed by atoms with van der Waals surface area (Å²) in [6.45, 7) is 1.92. The van der Waals surface area contributed by atoms with Crippen LogP contribution in [0.25, 0.3) is 0 Å². The highest BCUT2D eigenvalue weighted by Crippen LogP contribution is 2.01. The summed E-state index contributed by atoms with van der Waals surface area (Å²) >= 11 is 0. The van der Waals surface area contributed by atoms with E-state index in [0.29, 0.717) is 13.0 Å². The van der Waals surface area contributed by atoms with E-state index in [1.165, 1.54) is 6.92 Å². The Morgan fingerprint density at radius 3 is 2.44 bits per heavy atom. The summed E-state index contributed by atoms with van der Waals surface area (Å²) in [6, 6.07) is 9.45. The molecule has 0 fully saturated rings. The minimum Gasteiger partial charge on any atom is -0.355 e. The zero-order valence-corrected chi connectivity index (χ0v) is 11.2. The van der Waals surface area contributed by atoms with Gasteiger partial charge in [0.15, 0.2) is 0 Å². The van der Waals surface area contributed by atoms with E-state index in [4.69, 9.17) is 0 Å². The van der Waals surface area contributed by atoms with Crippen molar-refractivity contribution in [1.29, 1.82) is 0 Å². The van der Waals surface area contributed by atoms with E-state index in [0.717, 1.165) is 5.56 Å². The van der Waals surface area contributed by atoms with Crippen LogP contribution < -0.4 is 10.0 Å². The Kier molecular flexibility index (Phi) is 5.80. The van der Waals surface area contributed by atoms with E-state index in [9.17, 15) is 13.2 Å². The van der Waals surface area contributed by atoms with Crippen LogP contribution in [-0.2, 0) is 21.2 Å². The molecule has 0 saturated heterocycles. The third-order valence-electron chi connectivity index (χ3n) is 2.32. The van der Waals surface area contributed by atoms with Crippen LogP contribution in [-0.4, -0.2) is 33.2 Å². The van der Waals surface area contributed by atoms with Crippen LogP contribution in [0.5, 0.6) is 0 Å². The predicted octanol–water partition coefficient (Wildman–Crippen LogP) is 0.285. The Morgan fingerprint density at radius 1 is 1.17 bits per heavy atom. The van der Waals surface area contributed by atoms with E-state index in [1.54, 1.807) is 0 Å². The highest BCUT2D eigenvalue weighted by molar-refractivity contribution is 7.89. The third kappa shape index (κ3) is 6.36. The van der Waals surface area contributed by atoms with Crippen LogP contribution in [0, 0.1) is 0 Å². The van der Waals surface area contributed by atoms with Crippen molar-refractivity contribution in [3.8, 4) is 0 Å². The molecule has 1 rings (SSSR count). The van der Waals surface area contributed by atoms with E-state index in [2.05, 4.69) is 10.0 Å². The van der Waals surface area contributed by atoms with E-state index < -0.39 is 10.0 Å². The Hall–Kier alpha value is -1.40. The summed E-state index contributed by atoms with van der Waals surface area (Å²) in [4.78, 5) is 10.6. The first kappa shape index (κ1) is 14.7. The molecule has 0 unspecified atom stereocenters. The summed E-state index contributed by atoms with van der Waals surface area (Å²) in [6.07, 6.45) is 0.482. The van der Waals surface area contributed by atoms with Gasteiger partial charge in [0.1, 0.15) is 0 Å². The minimum absolute atomic E-state index is 0.0527. The predicted molar refractivity (Wildman–Crippen MR) is 70.6 cm³/mol. The van der Waals surface area contributed by atoms with Crippen molar-refractivity contribution in [2.45, 2.75) is 13.3 Å². The molecule has 0 spiro atoms. The molecule has 100 valence electrons. The molecule has 0 aliphatic rings. The lowest BCUT2D eigenvalue weighted by Crippen LogP contribution is -2.35. The van der Waals surface area contributed by atoms with Gasteiger partial charge < -0.3 is 5.32 Å². The molecule has 0 saturated carbocycles. The Bertz CT molecular complexity index is 471. The van der Waals surface area contributed by atoms with Crippen LogP contribution in [0.1, 0.15) is 12.5 Å². The fraction of sp³-hybridized carbons (Fsp3) is 0.417. The highest BCUT2D eigenvalue weighted by Gasteiger charge is 2.09. The van der Waals surface area contributed by atoms with Gasteiger partial charge in [-0.2, -0.15) is 0 Å². The van der Waals surface area contributed by atoms with E-state index >= 15 is 0 Å². The molecule has 1 aromatic rings. The number of carbonyl (C=O) groups excluding carboxylic acids is 1. The zero-order valence-electron chi connectivity index (χ0n) is 10.3. The first-order chi connectivity index (χ1) is 8.49. The van der Waals surface area contributed by atoms with Crippen molar-refractivity contribution in [1.82, 2.24) is 10.0 Å². The third-order valence-corrected chi connectivity index (χ3v) is 3.71. The van der Waals surface area contributed by atoms with Gasteiger partial charge in [-0.1, -0.05) is 30.3 Å². The van der Waals surface area contributed by atoms with Crippen LogP contribution in [0.4, 0.5) is 0 Å². The summed E-state index contributed by atoms with van der Waals surface area (Å²) in [5, 5.41) is 2.53. The Labute approximate surface area is 108 Å². The number of benzene rings is 1. The van der Waals surface area contributed by atoms with Crippen molar-refractivity contribution in [2.24, 2.45) is 0 Å². The van der Waals surface area contributed by atoms with Gasteiger partial charge in [0.25, 0.3) is 0 Å². The highest BCUT2D eigenvalue weighted by atomic mass is 32.2. The zero-order chi connectivity index (χ0) is 13.4. The monoisotopic (exact) mass is 270 g/mol. The average molecular weight is 270 g/mol. The number of hydrogen-bond donors (Lipinski definition) is 2. The molecule has 0 aromatic heterocycles.